The van der Waals surface area contributed by atoms with Crippen LogP contribution in [0.3, 0.4) is 0 Å². The highest BCUT2D eigenvalue weighted by Gasteiger charge is 2.21. The number of hydrogen-bond donors (Lipinski definition) is 5. The number of hydrogen-bond acceptors (Lipinski definition) is 10. The average molecular weight is 531 g/mol. The van der Waals surface area contributed by atoms with Gasteiger partial charge in [0.2, 0.25) is 5.95 Å². The number of rotatable bonds is 10. The maximum atomic E-state index is 12.4. The number of nitrogens with two attached hydrogens (primary N) is 2. The normalized spacial score (nSPS) is 11.1. The number of aliphatic carboxylic acids is 2. The number of fused-ring (bicyclic) bond motifs is 1. The van der Waals surface area contributed by atoms with E-state index in [4.69, 9.17) is 28.2 Å². The fourth-order valence-electron chi connectivity index (χ4n) is 3.03. The second kappa shape index (κ2) is 13.5. The molecule has 0 aliphatic rings. The third-order valence-electron chi connectivity index (χ3n) is 4.83. The van der Waals surface area contributed by atoms with E-state index in [0.29, 0.717) is 29.3 Å². The van der Waals surface area contributed by atoms with Crippen molar-refractivity contribution in [2.24, 2.45) is 0 Å². The van der Waals surface area contributed by atoms with E-state index in [-0.39, 0.29) is 30.2 Å². The van der Waals surface area contributed by atoms with Crippen molar-refractivity contribution in [1.29, 1.82) is 0 Å². The molecule has 0 saturated heterocycles. The Hall–Kier alpha value is -4.52. The molecular formula is C23H27ClN8O5. The van der Waals surface area contributed by atoms with Crippen LogP contribution in [0, 0.1) is 0 Å². The van der Waals surface area contributed by atoms with Crippen LogP contribution >= 0.6 is 11.6 Å². The molecule has 1 unspecified atom stereocenters. The summed E-state index contributed by atoms with van der Waals surface area (Å²) < 4.78 is 0. The first-order valence-corrected chi connectivity index (χ1v) is 11.4. The van der Waals surface area contributed by atoms with Gasteiger partial charge in [0.1, 0.15) is 6.04 Å². The molecule has 0 spiro atoms. The molecule has 1 atom stereocenters. The third-order valence-corrected chi connectivity index (χ3v) is 5.05. The lowest BCUT2D eigenvalue weighted by Gasteiger charge is -2.19. The SMILES string of the molecule is C=CCCl.CN(Cc1cnc2nc(N)nc(N)c2n1)c1ccc(C(=O)NC(CCC(=O)O)C(=O)O)cc1. The molecule has 14 heteroatoms. The lowest BCUT2D eigenvalue weighted by atomic mass is 10.1. The average Bonchev–Trinajstić information content (AvgIpc) is 2.86. The van der Waals surface area contributed by atoms with Gasteiger partial charge in [0, 0.05) is 30.6 Å². The van der Waals surface area contributed by atoms with Crippen LogP contribution in [-0.2, 0) is 16.1 Å². The molecular weight excluding hydrogens is 504 g/mol. The summed E-state index contributed by atoms with van der Waals surface area (Å²) in [5.74, 6) is -2.35. The zero-order chi connectivity index (χ0) is 27.5. The molecule has 13 nitrogen and oxygen atoms in total. The molecule has 1 aromatic carbocycles. The number of alkyl halides is 1. The summed E-state index contributed by atoms with van der Waals surface area (Å²) in [6.07, 6.45) is 2.60. The Labute approximate surface area is 217 Å². The van der Waals surface area contributed by atoms with E-state index in [1.807, 2.05) is 11.9 Å². The number of carboxylic acids is 2. The lowest BCUT2D eigenvalue weighted by molar-refractivity contribution is -0.140. The van der Waals surface area contributed by atoms with Crippen LogP contribution in [0.25, 0.3) is 11.2 Å². The first-order chi connectivity index (χ1) is 17.5. The van der Waals surface area contributed by atoms with Crippen LogP contribution in [-0.4, -0.2) is 67.0 Å². The van der Waals surface area contributed by atoms with E-state index in [1.165, 1.54) is 12.1 Å². The number of anilines is 3. The zero-order valence-corrected chi connectivity index (χ0v) is 20.7. The van der Waals surface area contributed by atoms with Crippen molar-refractivity contribution < 1.29 is 24.6 Å². The molecule has 0 bridgehead atoms. The summed E-state index contributed by atoms with van der Waals surface area (Å²) >= 11 is 5.07. The number of aromatic nitrogens is 4. The van der Waals surface area contributed by atoms with E-state index in [1.54, 1.807) is 24.4 Å². The lowest BCUT2D eigenvalue weighted by Crippen LogP contribution is -2.41. The van der Waals surface area contributed by atoms with Crippen molar-refractivity contribution >= 4 is 58.1 Å². The highest BCUT2D eigenvalue weighted by molar-refractivity contribution is 6.18. The van der Waals surface area contributed by atoms with Gasteiger partial charge in [-0.2, -0.15) is 9.97 Å². The highest BCUT2D eigenvalue weighted by atomic mass is 35.5. The van der Waals surface area contributed by atoms with E-state index < -0.39 is 23.9 Å². The second-order valence-electron chi connectivity index (χ2n) is 7.64. The van der Waals surface area contributed by atoms with Crippen molar-refractivity contribution in [3.05, 3.63) is 54.4 Å². The quantitative estimate of drug-likeness (QED) is 0.187. The summed E-state index contributed by atoms with van der Waals surface area (Å²) in [5, 5.41) is 20.2. The van der Waals surface area contributed by atoms with Crippen molar-refractivity contribution in [1.82, 2.24) is 25.3 Å². The molecule has 3 aromatic rings. The van der Waals surface area contributed by atoms with Gasteiger partial charge >= 0.3 is 11.9 Å². The van der Waals surface area contributed by atoms with Crippen molar-refractivity contribution in [3.8, 4) is 0 Å². The minimum absolute atomic E-state index is 0.0138. The van der Waals surface area contributed by atoms with E-state index in [2.05, 4.69) is 31.8 Å². The largest absolute Gasteiger partial charge is 0.481 e. The van der Waals surface area contributed by atoms with Gasteiger partial charge in [0.25, 0.3) is 5.91 Å². The Balaban J connectivity index is 0.00000112. The topological polar surface area (TPSA) is 211 Å². The molecule has 3 rings (SSSR count). The van der Waals surface area contributed by atoms with Gasteiger partial charge in [-0.1, -0.05) is 6.08 Å². The molecule has 2 aromatic heterocycles. The van der Waals surface area contributed by atoms with Gasteiger partial charge in [0.05, 0.1) is 18.4 Å². The maximum Gasteiger partial charge on any atom is 0.326 e. The number of amides is 1. The van der Waals surface area contributed by atoms with Gasteiger partial charge < -0.3 is 31.9 Å². The molecule has 37 heavy (non-hydrogen) atoms. The van der Waals surface area contributed by atoms with Gasteiger partial charge in [-0.25, -0.2) is 14.8 Å². The summed E-state index contributed by atoms with van der Waals surface area (Å²) in [5.41, 5.74) is 13.7. The molecule has 0 aliphatic heterocycles. The number of halogens is 1. The predicted molar refractivity (Wildman–Crippen MR) is 139 cm³/mol. The molecule has 1 amide bonds. The number of nitrogens with one attached hydrogen (secondary N) is 1. The Kier molecular flexibility index (Phi) is 10.5. The number of allylic oxidation sites excluding steroid dienone is 1. The summed E-state index contributed by atoms with van der Waals surface area (Å²) in [4.78, 5) is 52.7. The highest BCUT2D eigenvalue weighted by Crippen LogP contribution is 2.19. The number of carbonyl (C=O) groups excluding carboxylic acids is 1. The summed E-state index contributed by atoms with van der Waals surface area (Å²) in [7, 11) is 1.82. The Bertz CT molecular complexity index is 1270. The van der Waals surface area contributed by atoms with E-state index >= 15 is 0 Å². The van der Waals surface area contributed by atoms with Gasteiger partial charge in [-0.15, -0.1) is 18.2 Å². The standard InChI is InChI=1S/C20H22N8O5.C3H5Cl/c1-28(9-11-8-23-17-15(24-11)16(21)26-20(22)27-17)12-4-2-10(3-5-12)18(31)25-13(19(32)33)6-7-14(29)30;1-2-3-4/h2-5,8,13H,6-7,9H2,1H3,(H,25,31)(H,29,30)(H,32,33)(H4,21,22,23,26,27);2H,1,3H2. The fourth-order valence-corrected chi connectivity index (χ4v) is 3.03. The van der Waals surface area contributed by atoms with E-state index in [0.717, 1.165) is 5.69 Å². The maximum absolute atomic E-state index is 12.4. The Morgan fingerprint density at radius 2 is 1.81 bits per heavy atom. The zero-order valence-electron chi connectivity index (χ0n) is 20.0. The van der Waals surface area contributed by atoms with E-state index in [9.17, 15) is 19.5 Å². The molecule has 0 fully saturated rings. The Morgan fingerprint density at radius 3 is 2.38 bits per heavy atom. The molecule has 7 N–H and O–H groups in total. The second-order valence-corrected chi connectivity index (χ2v) is 7.95. The van der Waals surface area contributed by atoms with Crippen molar-refractivity contribution in [3.63, 3.8) is 0 Å². The van der Waals surface area contributed by atoms with Crippen LogP contribution in [0.2, 0.25) is 0 Å². The third kappa shape index (κ3) is 8.58. The van der Waals surface area contributed by atoms with Crippen LogP contribution in [0.15, 0.2) is 43.1 Å². The number of nitrogen functional groups attached to an aromatic ring is 2. The monoisotopic (exact) mass is 530 g/mol. The molecule has 0 saturated carbocycles. The van der Waals surface area contributed by atoms with Gasteiger partial charge in [0.15, 0.2) is 17.0 Å². The minimum atomic E-state index is -1.30. The van der Waals surface area contributed by atoms with Crippen LogP contribution < -0.4 is 21.7 Å². The van der Waals surface area contributed by atoms with Crippen LogP contribution in [0.5, 0.6) is 0 Å². The number of carbonyl (C=O) groups is 3. The molecule has 0 aliphatic carbocycles. The van der Waals surface area contributed by atoms with Gasteiger partial charge in [-0.3, -0.25) is 9.59 Å². The Morgan fingerprint density at radius 1 is 1.16 bits per heavy atom. The smallest absolute Gasteiger partial charge is 0.326 e. The van der Waals surface area contributed by atoms with Crippen LogP contribution in [0.1, 0.15) is 28.9 Å². The number of carboxylic acid groups (broad SMARTS) is 2. The number of nitrogens with zero attached hydrogens (tertiary/aromatic N) is 5. The molecule has 196 valence electrons. The molecule has 2 heterocycles. The fraction of sp³-hybridized carbons (Fsp3) is 0.261. The summed E-state index contributed by atoms with van der Waals surface area (Å²) in [6.45, 7) is 3.72. The number of benzene rings is 1. The first kappa shape index (κ1) is 28.7. The molecule has 0 radical (unpaired) electrons. The van der Waals surface area contributed by atoms with Crippen molar-refractivity contribution in [2.45, 2.75) is 25.4 Å². The van der Waals surface area contributed by atoms with Crippen molar-refractivity contribution in [2.75, 3.05) is 29.3 Å². The van der Waals surface area contributed by atoms with Gasteiger partial charge in [-0.05, 0) is 30.7 Å². The summed E-state index contributed by atoms with van der Waals surface area (Å²) in [6, 6.07) is 5.16. The first-order valence-electron chi connectivity index (χ1n) is 10.8. The van der Waals surface area contributed by atoms with Crippen LogP contribution in [0.4, 0.5) is 17.5 Å². The predicted octanol–water partition coefficient (Wildman–Crippen LogP) is 1.68. The minimum Gasteiger partial charge on any atom is -0.481 e.